The van der Waals surface area contributed by atoms with Crippen LogP contribution in [-0.2, 0) is 9.53 Å². The van der Waals surface area contributed by atoms with Gasteiger partial charge in [0.15, 0.2) is 0 Å². The molecule has 0 bridgehead atoms. The second-order valence-electron chi connectivity index (χ2n) is 5.39. The quantitative estimate of drug-likeness (QED) is 0.848. The van der Waals surface area contributed by atoms with Gasteiger partial charge in [-0.15, -0.1) is 0 Å². The Morgan fingerprint density at radius 2 is 2.14 bits per heavy atom. The van der Waals surface area contributed by atoms with Crippen molar-refractivity contribution in [2.24, 2.45) is 0 Å². The molecule has 1 aliphatic rings. The monoisotopic (exact) mass is 289 g/mol. The van der Waals surface area contributed by atoms with Gasteiger partial charge in [-0.25, -0.2) is 0 Å². The van der Waals surface area contributed by atoms with Gasteiger partial charge in [0.1, 0.15) is 5.75 Å². The molecule has 0 spiro atoms. The van der Waals surface area contributed by atoms with Crippen LogP contribution in [-0.4, -0.2) is 32.3 Å². The van der Waals surface area contributed by atoms with E-state index in [2.05, 4.69) is 5.32 Å². The zero-order chi connectivity index (χ0) is 15.2. The van der Waals surface area contributed by atoms with Crippen molar-refractivity contribution in [1.29, 1.82) is 0 Å². The summed E-state index contributed by atoms with van der Waals surface area (Å²) in [7, 11) is 1.66. The molecule has 1 heterocycles. The van der Waals surface area contributed by atoms with E-state index in [1.54, 1.807) is 13.2 Å². The number of methoxy groups -OCH3 is 1. The predicted molar refractivity (Wildman–Crippen MR) is 83.5 cm³/mol. The van der Waals surface area contributed by atoms with Gasteiger partial charge in [0, 0.05) is 19.2 Å². The van der Waals surface area contributed by atoms with Gasteiger partial charge in [-0.3, -0.25) is 4.79 Å². The van der Waals surface area contributed by atoms with Crippen LogP contribution in [0, 0.1) is 13.8 Å². The SMILES string of the molecule is COc1cc(C)c(/C=C/C(=O)NCC2CCCO2)c(C)c1. The van der Waals surface area contributed by atoms with Crippen LogP contribution >= 0.6 is 0 Å². The number of carbonyl (C=O) groups is 1. The summed E-state index contributed by atoms with van der Waals surface area (Å²) in [4.78, 5) is 11.8. The lowest BCUT2D eigenvalue weighted by Crippen LogP contribution is -2.30. The molecule has 1 aromatic rings. The predicted octanol–water partition coefficient (Wildman–Crippen LogP) is 2.62. The molecule has 4 heteroatoms. The van der Waals surface area contributed by atoms with Crippen LogP contribution in [0.15, 0.2) is 18.2 Å². The van der Waals surface area contributed by atoms with E-state index >= 15 is 0 Å². The number of carbonyl (C=O) groups excluding carboxylic acids is 1. The highest BCUT2D eigenvalue weighted by molar-refractivity contribution is 5.92. The zero-order valence-electron chi connectivity index (χ0n) is 12.9. The highest BCUT2D eigenvalue weighted by Crippen LogP contribution is 2.22. The van der Waals surface area contributed by atoms with Gasteiger partial charge >= 0.3 is 0 Å². The molecule has 0 saturated carbocycles. The fraction of sp³-hybridized carbons (Fsp3) is 0.471. The Hall–Kier alpha value is -1.81. The Kier molecular flexibility index (Phi) is 5.39. The van der Waals surface area contributed by atoms with E-state index in [4.69, 9.17) is 9.47 Å². The minimum Gasteiger partial charge on any atom is -0.497 e. The number of amides is 1. The van der Waals surface area contributed by atoms with Crippen molar-refractivity contribution < 1.29 is 14.3 Å². The molecule has 1 amide bonds. The van der Waals surface area contributed by atoms with Crippen LogP contribution in [0.4, 0.5) is 0 Å². The number of hydrogen-bond donors (Lipinski definition) is 1. The summed E-state index contributed by atoms with van der Waals surface area (Å²) in [6, 6.07) is 3.94. The Labute approximate surface area is 126 Å². The molecule has 1 aromatic carbocycles. The van der Waals surface area contributed by atoms with Crippen LogP contribution < -0.4 is 10.1 Å². The van der Waals surface area contributed by atoms with Gasteiger partial charge in [0.05, 0.1) is 13.2 Å². The highest BCUT2D eigenvalue weighted by Gasteiger charge is 2.15. The van der Waals surface area contributed by atoms with Gasteiger partial charge in [-0.05, 0) is 61.6 Å². The lowest BCUT2D eigenvalue weighted by atomic mass is 10.0. The summed E-state index contributed by atoms with van der Waals surface area (Å²) in [5.74, 6) is 0.755. The molecule has 0 aromatic heterocycles. The summed E-state index contributed by atoms with van der Waals surface area (Å²) in [6.07, 6.45) is 5.72. The first-order valence-electron chi connectivity index (χ1n) is 7.33. The highest BCUT2D eigenvalue weighted by atomic mass is 16.5. The molecule has 2 rings (SSSR count). The maximum atomic E-state index is 11.8. The fourth-order valence-electron chi connectivity index (χ4n) is 2.55. The minimum atomic E-state index is -0.0832. The van der Waals surface area contributed by atoms with Crippen molar-refractivity contribution in [3.8, 4) is 5.75 Å². The van der Waals surface area contributed by atoms with E-state index in [9.17, 15) is 4.79 Å². The lowest BCUT2D eigenvalue weighted by Gasteiger charge is -2.10. The van der Waals surface area contributed by atoms with E-state index in [1.165, 1.54) is 0 Å². The molecule has 114 valence electrons. The number of aryl methyl sites for hydroxylation is 2. The van der Waals surface area contributed by atoms with Gasteiger partial charge < -0.3 is 14.8 Å². The van der Waals surface area contributed by atoms with Crippen LogP contribution in [0.5, 0.6) is 5.75 Å². The van der Waals surface area contributed by atoms with Crippen molar-refractivity contribution in [3.05, 3.63) is 34.9 Å². The normalized spacial score (nSPS) is 18.1. The number of rotatable bonds is 5. The van der Waals surface area contributed by atoms with E-state index < -0.39 is 0 Å². The average Bonchev–Trinajstić information content (AvgIpc) is 2.97. The molecule has 1 saturated heterocycles. The first-order chi connectivity index (χ1) is 10.1. The van der Waals surface area contributed by atoms with Crippen molar-refractivity contribution in [3.63, 3.8) is 0 Å². The largest absolute Gasteiger partial charge is 0.497 e. The maximum Gasteiger partial charge on any atom is 0.244 e. The Morgan fingerprint density at radius 3 is 2.71 bits per heavy atom. The number of nitrogens with one attached hydrogen (secondary N) is 1. The van der Waals surface area contributed by atoms with Crippen LogP contribution in [0.25, 0.3) is 6.08 Å². The zero-order valence-corrected chi connectivity index (χ0v) is 12.9. The third-order valence-corrected chi connectivity index (χ3v) is 3.73. The van der Waals surface area contributed by atoms with Crippen molar-refractivity contribution >= 4 is 12.0 Å². The Balaban J connectivity index is 1.95. The first kappa shape index (κ1) is 15.6. The molecule has 1 unspecified atom stereocenters. The smallest absolute Gasteiger partial charge is 0.244 e. The lowest BCUT2D eigenvalue weighted by molar-refractivity contribution is -0.116. The topological polar surface area (TPSA) is 47.6 Å². The molecular formula is C17H23NO3. The summed E-state index contributed by atoms with van der Waals surface area (Å²) in [5, 5.41) is 2.88. The summed E-state index contributed by atoms with van der Waals surface area (Å²) >= 11 is 0. The summed E-state index contributed by atoms with van der Waals surface area (Å²) in [5.41, 5.74) is 3.24. The molecule has 1 atom stereocenters. The van der Waals surface area contributed by atoms with Gasteiger partial charge in [-0.1, -0.05) is 0 Å². The molecule has 1 fully saturated rings. The van der Waals surface area contributed by atoms with E-state index in [1.807, 2.05) is 32.1 Å². The van der Waals surface area contributed by atoms with Crippen LogP contribution in [0.1, 0.15) is 29.5 Å². The van der Waals surface area contributed by atoms with Gasteiger partial charge in [0.2, 0.25) is 5.91 Å². The third-order valence-electron chi connectivity index (χ3n) is 3.73. The van der Waals surface area contributed by atoms with E-state index in [0.717, 1.165) is 41.9 Å². The number of ether oxygens (including phenoxy) is 2. The second kappa shape index (κ2) is 7.27. The average molecular weight is 289 g/mol. The maximum absolute atomic E-state index is 11.8. The van der Waals surface area contributed by atoms with Gasteiger partial charge in [-0.2, -0.15) is 0 Å². The molecular weight excluding hydrogens is 266 g/mol. The van der Waals surface area contributed by atoms with Crippen molar-refractivity contribution in [1.82, 2.24) is 5.32 Å². The van der Waals surface area contributed by atoms with Crippen LogP contribution in [0.3, 0.4) is 0 Å². The molecule has 0 aliphatic carbocycles. The molecule has 4 nitrogen and oxygen atoms in total. The second-order valence-corrected chi connectivity index (χ2v) is 5.39. The standard InChI is InChI=1S/C17H23NO3/c1-12-9-15(20-3)10-13(2)16(12)6-7-17(19)18-11-14-5-4-8-21-14/h6-7,9-10,14H,4-5,8,11H2,1-3H3,(H,18,19)/b7-6+. The Bertz CT molecular complexity index is 508. The molecule has 21 heavy (non-hydrogen) atoms. The first-order valence-corrected chi connectivity index (χ1v) is 7.33. The summed E-state index contributed by atoms with van der Waals surface area (Å²) < 4.78 is 10.7. The molecule has 1 aliphatic heterocycles. The van der Waals surface area contributed by atoms with Gasteiger partial charge in [0.25, 0.3) is 0 Å². The number of benzene rings is 1. The van der Waals surface area contributed by atoms with Crippen molar-refractivity contribution in [2.75, 3.05) is 20.3 Å². The minimum absolute atomic E-state index is 0.0832. The van der Waals surface area contributed by atoms with Crippen LogP contribution in [0.2, 0.25) is 0 Å². The van der Waals surface area contributed by atoms with Crippen molar-refractivity contribution in [2.45, 2.75) is 32.8 Å². The summed E-state index contributed by atoms with van der Waals surface area (Å²) in [6.45, 7) is 5.42. The third kappa shape index (κ3) is 4.33. The number of hydrogen-bond acceptors (Lipinski definition) is 3. The van der Waals surface area contributed by atoms with E-state index in [0.29, 0.717) is 6.54 Å². The Morgan fingerprint density at radius 1 is 1.43 bits per heavy atom. The van der Waals surface area contributed by atoms with E-state index in [-0.39, 0.29) is 12.0 Å². The molecule has 1 N–H and O–H groups in total. The molecule has 0 radical (unpaired) electrons. The fourth-order valence-corrected chi connectivity index (χ4v) is 2.55.